The number of unbranched alkanes of at least 4 members (excludes halogenated alkanes) is 43. The quantitative estimate of drug-likeness (QED) is 0.0195. The van der Waals surface area contributed by atoms with Gasteiger partial charge in [-0.1, -0.05) is 399 Å². The summed E-state index contributed by atoms with van der Waals surface area (Å²) in [5.41, 5.74) is 0. The van der Waals surface area contributed by atoms with Crippen LogP contribution in [0.1, 0.15) is 380 Å². The van der Waals surface area contributed by atoms with Crippen molar-refractivity contribution in [1.82, 2.24) is 0 Å². The number of carbonyl (C=O) groups excluding carboxylic acids is 2. The minimum absolute atomic E-state index is 0.0381. The maximum absolute atomic E-state index is 12.9. The molecular formula is C89H158NO8P. The molecule has 10 heteroatoms. The molecule has 0 N–H and O–H groups in total. The third kappa shape index (κ3) is 83.2. The summed E-state index contributed by atoms with van der Waals surface area (Å²) in [4.78, 5) is 38.2. The van der Waals surface area contributed by atoms with Gasteiger partial charge in [-0.25, -0.2) is 0 Å². The van der Waals surface area contributed by atoms with E-state index >= 15 is 0 Å². The fourth-order valence-corrected chi connectivity index (χ4v) is 12.7. The first-order chi connectivity index (χ1) is 48.5. The molecule has 0 saturated heterocycles. The molecule has 0 saturated carbocycles. The van der Waals surface area contributed by atoms with Crippen LogP contribution in [0.2, 0.25) is 0 Å². The molecule has 0 aromatic carbocycles. The van der Waals surface area contributed by atoms with Crippen LogP contribution in [-0.4, -0.2) is 70.0 Å². The molecule has 0 aliphatic rings. The van der Waals surface area contributed by atoms with Crippen LogP contribution in [0.4, 0.5) is 0 Å². The summed E-state index contributed by atoms with van der Waals surface area (Å²) in [6.45, 7) is 4.15. The molecule has 0 aliphatic carbocycles. The lowest BCUT2D eigenvalue weighted by Gasteiger charge is -2.28. The molecule has 0 aliphatic heterocycles. The molecule has 0 heterocycles. The molecule has 2 atom stereocenters. The lowest BCUT2D eigenvalue weighted by Crippen LogP contribution is -2.37. The number of ether oxygens (including phenoxy) is 2. The predicted molar refractivity (Wildman–Crippen MR) is 429 cm³/mol. The Hall–Kier alpha value is -3.59. The highest BCUT2D eigenvalue weighted by atomic mass is 31.2. The molecule has 0 bridgehead atoms. The van der Waals surface area contributed by atoms with E-state index in [4.69, 9.17) is 18.5 Å². The number of quaternary nitrogens is 1. The van der Waals surface area contributed by atoms with Crippen LogP contribution >= 0.6 is 7.82 Å². The number of likely N-dealkylation sites (N-methyl/N-ethyl adjacent to an activating group) is 1. The third-order valence-corrected chi connectivity index (χ3v) is 19.2. The van der Waals surface area contributed by atoms with Crippen LogP contribution in [0.25, 0.3) is 0 Å². The second-order valence-corrected chi connectivity index (χ2v) is 30.5. The van der Waals surface area contributed by atoms with Gasteiger partial charge in [0.15, 0.2) is 6.10 Å². The van der Waals surface area contributed by atoms with Gasteiger partial charge in [0.2, 0.25) is 0 Å². The van der Waals surface area contributed by atoms with Gasteiger partial charge in [-0.3, -0.25) is 14.2 Å². The van der Waals surface area contributed by atoms with Crippen LogP contribution in [-0.2, 0) is 32.7 Å². The molecule has 0 amide bonds. The minimum atomic E-state index is -4.66. The smallest absolute Gasteiger partial charge is 0.306 e. The van der Waals surface area contributed by atoms with Crippen LogP contribution in [0.15, 0.2) is 122 Å². The van der Waals surface area contributed by atoms with Crippen LogP contribution < -0.4 is 4.89 Å². The van der Waals surface area contributed by atoms with Gasteiger partial charge in [0, 0.05) is 12.8 Å². The Labute approximate surface area is 613 Å². The topological polar surface area (TPSA) is 111 Å². The number of phosphoric acid groups is 1. The Kier molecular flexibility index (Phi) is 75.7. The molecule has 0 fully saturated rings. The van der Waals surface area contributed by atoms with Crippen molar-refractivity contribution in [2.24, 2.45) is 0 Å². The van der Waals surface area contributed by atoms with E-state index in [1.165, 1.54) is 225 Å². The lowest BCUT2D eigenvalue weighted by atomic mass is 10.0. The Morgan fingerprint density at radius 1 is 0.323 bits per heavy atom. The molecular weight excluding hydrogens is 1240 g/mol. The fourth-order valence-electron chi connectivity index (χ4n) is 11.9. The molecule has 572 valence electrons. The molecule has 99 heavy (non-hydrogen) atoms. The van der Waals surface area contributed by atoms with Crippen molar-refractivity contribution in [2.45, 2.75) is 386 Å². The third-order valence-electron chi connectivity index (χ3n) is 18.2. The Bertz CT molecular complexity index is 2090. The number of esters is 2. The second kappa shape index (κ2) is 78.5. The van der Waals surface area contributed by atoms with Crippen LogP contribution in [0.5, 0.6) is 0 Å². The van der Waals surface area contributed by atoms with Crippen molar-refractivity contribution in [2.75, 3.05) is 47.5 Å². The average molecular weight is 1400 g/mol. The van der Waals surface area contributed by atoms with Crippen molar-refractivity contribution in [3.8, 4) is 0 Å². The SMILES string of the molecule is CC/C=C\C/C=C\C/C=C\C/C=C\C/C=C\C/C=C\C/C=C\C/C=C\C/C=C\C/C=C\CCCCCCCCC(=O)OC(COC(=O)CCCCCCCCCCCCCCCCCCCCCCCCCCCCCCCCCCCCCCCC)COP(=O)([O-])OCC[N+](C)(C)C. The number of rotatable bonds is 77. The summed E-state index contributed by atoms with van der Waals surface area (Å²) >= 11 is 0. The first-order valence-corrected chi connectivity index (χ1v) is 43.2. The lowest BCUT2D eigenvalue weighted by molar-refractivity contribution is -0.870. The highest BCUT2D eigenvalue weighted by Gasteiger charge is 2.22. The number of phosphoric ester groups is 1. The number of carbonyl (C=O) groups is 2. The van der Waals surface area contributed by atoms with Crippen LogP contribution in [0, 0.1) is 0 Å². The highest BCUT2D eigenvalue weighted by Crippen LogP contribution is 2.38. The van der Waals surface area contributed by atoms with E-state index in [2.05, 4.69) is 135 Å². The molecule has 0 rings (SSSR count). The summed E-state index contributed by atoms with van der Waals surface area (Å²) in [5, 5.41) is 0. The number of allylic oxidation sites excluding steroid dienone is 20. The molecule has 0 aromatic rings. The van der Waals surface area contributed by atoms with Crippen molar-refractivity contribution in [3.05, 3.63) is 122 Å². The summed E-state index contributed by atoms with van der Waals surface area (Å²) < 4.78 is 34.4. The molecule has 2 unspecified atom stereocenters. The van der Waals surface area contributed by atoms with Crippen molar-refractivity contribution >= 4 is 19.8 Å². The second-order valence-electron chi connectivity index (χ2n) is 29.1. The first-order valence-electron chi connectivity index (χ1n) is 41.7. The van der Waals surface area contributed by atoms with E-state index < -0.39 is 26.5 Å². The van der Waals surface area contributed by atoms with Gasteiger partial charge in [0.05, 0.1) is 27.7 Å². The number of hydrogen-bond acceptors (Lipinski definition) is 8. The normalized spacial score (nSPS) is 13.6. The summed E-state index contributed by atoms with van der Waals surface area (Å²) in [5.74, 6) is -0.842. The number of hydrogen-bond donors (Lipinski definition) is 0. The largest absolute Gasteiger partial charge is 0.756 e. The number of nitrogens with zero attached hydrogens (tertiary/aromatic N) is 1. The molecule has 0 aromatic heterocycles. The fraction of sp³-hybridized carbons (Fsp3) is 0.753. The van der Waals surface area contributed by atoms with Gasteiger partial charge in [0.25, 0.3) is 7.82 Å². The van der Waals surface area contributed by atoms with Crippen molar-refractivity contribution < 1.29 is 42.1 Å². The van der Waals surface area contributed by atoms with E-state index in [1.54, 1.807) is 0 Å². The predicted octanol–water partition coefficient (Wildman–Crippen LogP) is 27.5. The Morgan fingerprint density at radius 3 is 0.859 bits per heavy atom. The van der Waals surface area contributed by atoms with E-state index in [0.29, 0.717) is 17.4 Å². The standard InChI is InChI=1S/C89H158NO8P/c1-6-8-10-12-14-16-18-20-22-24-26-28-30-32-34-36-38-40-42-44-46-47-49-51-53-55-57-59-61-63-65-67-69-71-73-75-77-79-81-88(91)95-85-87(86-97-99(93,94)96-84-83-90(3,4)5)98-89(92)82-80-78-76-74-72-70-68-66-64-62-60-58-56-54-52-50-48-45-43-41-39-37-35-33-31-29-27-25-23-21-19-17-15-13-11-9-7-2/h9,11,15,17,21,23,27,29,33,35,39,41,45,48,52,54,58,60,64,66,87H,6-8,10,12-14,16,18-20,22,24-26,28,30-32,34,36-38,40,42-44,46-47,49-51,53,55-57,59,61-63,65,67-86H2,1-5H3/b11-9-,17-15-,23-21-,29-27-,35-33-,41-39-,48-45-,54-52-,60-58-,66-64-. The van der Waals surface area contributed by atoms with Crippen molar-refractivity contribution in [3.63, 3.8) is 0 Å². The maximum atomic E-state index is 12.9. The van der Waals surface area contributed by atoms with Gasteiger partial charge in [-0.2, -0.15) is 0 Å². The van der Waals surface area contributed by atoms with Gasteiger partial charge in [0.1, 0.15) is 19.8 Å². The average Bonchev–Trinajstić information content (AvgIpc) is 0.999. The summed E-state index contributed by atoms with van der Waals surface area (Å²) in [6, 6.07) is 0. The van der Waals surface area contributed by atoms with E-state index in [9.17, 15) is 19.0 Å². The van der Waals surface area contributed by atoms with Crippen molar-refractivity contribution in [1.29, 1.82) is 0 Å². The van der Waals surface area contributed by atoms with Crippen LogP contribution in [0.3, 0.4) is 0 Å². The zero-order chi connectivity index (χ0) is 71.8. The highest BCUT2D eigenvalue weighted by molar-refractivity contribution is 7.45. The van der Waals surface area contributed by atoms with Gasteiger partial charge < -0.3 is 27.9 Å². The monoisotopic (exact) mass is 1400 g/mol. The summed E-state index contributed by atoms with van der Waals surface area (Å²) in [6.07, 6.45) is 113. The van der Waals surface area contributed by atoms with E-state index in [-0.39, 0.29) is 32.0 Å². The Morgan fingerprint density at radius 2 is 0.576 bits per heavy atom. The zero-order valence-corrected chi connectivity index (χ0v) is 66.3. The first kappa shape index (κ1) is 95.4. The molecule has 9 nitrogen and oxygen atoms in total. The zero-order valence-electron chi connectivity index (χ0n) is 65.4. The van der Waals surface area contributed by atoms with Gasteiger partial charge in [-0.05, 0) is 89.9 Å². The van der Waals surface area contributed by atoms with Gasteiger partial charge in [-0.15, -0.1) is 0 Å². The van der Waals surface area contributed by atoms with E-state index in [0.717, 1.165) is 122 Å². The maximum Gasteiger partial charge on any atom is 0.306 e. The van der Waals surface area contributed by atoms with Gasteiger partial charge >= 0.3 is 11.9 Å². The minimum Gasteiger partial charge on any atom is -0.756 e. The molecule has 0 spiro atoms. The summed E-state index contributed by atoms with van der Waals surface area (Å²) in [7, 11) is 1.15. The van der Waals surface area contributed by atoms with E-state index in [1.807, 2.05) is 21.1 Å². The molecule has 0 radical (unpaired) electrons. The Balaban J connectivity index is 3.99.